The van der Waals surface area contributed by atoms with Gasteiger partial charge in [-0.15, -0.1) is 0 Å². The van der Waals surface area contributed by atoms with Crippen LogP contribution in [0.25, 0.3) is 0 Å². The second kappa shape index (κ2) is 7.46. The molecule has 1 aliphatic rings. The maximum Gasteiger partial charge on any atom is 0.365 e. The lowest BCUT2D eigenvalue weighted by molar-refractivity contribution is -0.384. The molecule has 0 aromatic heterocycles. The Morgan fingerprint density at radius 2 is 1.92 bits per heavy atom. The van der Waals surface area contributed by atoms with E-state index in [1.165, 1.54) is 24.3 Å². The number of ketones is 1. The number of rotatable bonds is 3. The average Bonchev–Trinajstić information content (AvgIpc) is 2.58. The Balaban J connectivity index is 2.29. The van der Waals surface area contributed by atoms with Crippen molar-refractivity contribution in [3.63, 3.8) is 0 Å². The molecule has 0 heterocycles. The van der Waals surface area contributed by atoms with Crippen molar-refractivity contribution >= 4 is 70.9 Å². The molecule has 1 aromatic carbocycles. The highest BCUT2D eigenvalue weighted by Gasteiger charge is 2.46. The molecule has 0 bridgehead atoms. The molecule has 1 aliphatic carbocycles. The second-order valence-electron chi connectivity index (χ2n) is 5.36. The van der Waals surface area contributed by atoms with Gasteiger partial charge in [0.2, 0.25) is 0 Å². The molecule has 0 saturated heterocycles. The van der Waals surface area contributed by atoms with Gasteiger partial charge in [-0.3, -0.25) is 14.9 Å². The molecule has 7 nitrogen and oxygen atoms in total. The molecule has 0 spiro atoms. The van der Waals surface area contributed by atoms with Gasteiger partial charge in [-0.2, -0.15) is 0 Å². The molecule has 2 atom stereocenters. The largest absolute Gasteiger partial charge is 0.365 e. The Labute approximate surface area is 168 Å². The van der Waals surface area contributed by atoms with Crippen LogP contribution in [-0.4, -0.2) is 31.5 Å². The minimum atomic E-state index is -0.874. The number of hydrogen-bond acceptors (Lipinski definition) is 6. The lowest BCUT2D eigenvalue weighted by atomic mass is 9.88. The number of benzene rings is 1. The van der Waals surface area contributed by atoms with Crippen LogP contribution in [-0.2, 0) is 9.63 Å². The summed E-state index contributed by atoms with van der Waals surface area (Å²) in [5, 5.41) is 14.5. The molecule has 2 rings (SSSR count). The third kappa shape index (κ3) is 3.90. The van der Waals surface area contributed by atoms with E-state index in [0.717, 1.165) is 0 Å². The van der Waals surface area contributed by atoms with Gasteiger partial charge in [0.25, 0.3) is 5.69 Å². The molecule has 0 amide bonds. The fraction of sp³-hybridized carbons (Fsp3) is 0.267. The van der Waals surface area contributed by atoms with Crippen molar-refractivity contribution in [1.82, 2.24) is 0 Å². The van der Waals surface area contributed by atoms with Gasteiger partial charge in [-0.05, 0) is 47.5 Å². The number of nitro benzene ring substituents is 1. The highest BCUT2D eigenvalue weighted by atomic mass is 79.9. The summed E-state index contributed by atoms with van der Waals surface area (Å²) in [5.41, 5.74) is 0.897. The predicted molar refractivity (Wildman–Crippen MR) is 103 cm³/mol. The van der Waals surface area contributed by atoms with Crippen LogP contribution >= 0.6 is 47.8 Å². The topological polar surface area (TPSA) is 98.9 Å². The second-order valence-corrected chi connectivity index (χ2v) is 8.72. The van der Waals surface area contributed by atoms with Crippen LogP contribution in [0.3, 0.4) is 0 Å². The van der Waals surface area contributed by atoms with Crippen molar-refractivity contribution in [1.29, 1.82) is 0 Å². The lowest BCUT2D eigenvalue weighted by Gasteiger charge is -2.33. The number of Topliss-reactive ketones (excluding diaryl/α,β-unsaturated/α-hetero) is 1. The number of hydrogen-bond donors (Lipinski definition) is 0. The number of nitrogens with zero attached hydrogens (tertiary/aromatic N) is 2. The Morgan fingerprint density at radius 1 is 1.36 bits per heavy atom. The zero-order chi connectivity index (χ0) is 18.9. The van der Waals surface area contributed by atoms with E-state index in [2.05, 4.69) is 52.9 Å². The van der Waals surface area contributed by atoms with Crippen molar-refractivity contribution < 1.29 is 19.3 Å². The Morgan fingerprint density at radius 3 is 2.44 bits per heavy atom. The van der Waals surface area contributed by atoms with E-state index < -0.39 is 20.0 Å². The van der Waals surface area contributed by atoms with Gasteiger partial charge in [0.15, 0.2) is 5.78 Å². The van der Waals surface area contributed by atoms with Gasteiger partial charge in [0.1, 0.15) is 5.71 Å². The zero-order valence-electron chi connectivity index (χ0n) is 13.0. The van der Waals surface area contributed by atoms with Crippen LogP contribution in [0.1, 0.15) is 24.2 Å². The normalized spacial score (nSPS) is 25.2. The van der Waals surface area contributed by atoms with Gasteiger partial charge < -0.3 is 4.84 Å². The smallest absolute Gasteiger partial charge is 0.312 e. The summed E-state index contributed by atoms with van der Waals surface area (Å²) >= 11 is 9.97. The first-order chi connectivity index (χ1) is 11.6. The van der Waals surface area contributed by atoms with E-state index >= 15 is 0 Å². The minimum absolute atomic E-state index is 0.120. The van der Waals surface area contributed by atoms with E-state index in [-0.39, 0.29) is 17.0 Å². The fourth-order valence-corrected chi connectivity index (χ4v) is 3.90. The molecule has 0 aliphatic heterocycles. The number of carbonyl (C=O) groups excluding carboxylic acids is 2. The van der Waals surface area contributed by atoms with Crippen LogP contribution in [0.15, 0.2) is 39.5 Å². The Bertz CT molecular complexity index is 815. The molecule has 0 radical (unpaired) electrons. The molecule has 10 heteroatoms. The first-order valence-electron chi connectivity index (χ1n) is 6.85. The van der Waals surface area contributed by atoms with Gasteiger partial charge >= 0.3 is 5.97 Å². The maximum absolute atomic E-state index is 12.1. The number of oxime groups is 1. The quantitative estimate of drug-likeness (QED) is 0.248. The molecule has 0 saturated carbocycles. The number of carbonyl (C=O) groups is 2. The number of halogens is 3. The number of nitro groups is 1. The average molecular weight is 539 g/mol. The summed E-state index contributed by atoms with van der Waals surface area (Å²) in [5.74, 6) is -0.921. The number of alkyl halides is 2. The van der Waals surface area contributed by atoms with Crippen LogP contribution in [0.5, 0.6) is 0 Å². The van der Waals surface area contributed by atoms with Crippen molar-refractivity contribution in [3.05, 3.63) is 50.0 Å². The minimum Gasteiger partial charge on any atom is -0.312 e. The van der Waals surface area contributed by atoms with Crippen molar-refractivity contribution in [2.24, 2.45) is 5.16 Å². The standard InChI is InChI=1S/C15H11Br3N2O5/c1-7-10(16)11(21)12(17)15(2,18)13(7)19-25-14(22)8-3-5-9(6-4-8)20(23)24/h3-6,12H,1-2H3/b19-13-. The Kier molecular flexibility index (Phi) is 5.95. The summed E-state index contributed by atoms with van der Waals surface area (Å²) in [7, 11) is 0. The van der Waals surface area contributed by atoms with Crippen molar-refractivity contribution in [2.45, 2.75) is 23.0 Å². The van der Waals surface area contributed by atoms with Gasteiger partial charge in [-0.25, -0.2) is 4.79 Å². The van der Waals surface area contributed by atoms with Crippen molar-refractivity contribution in [2.75, 3.05) is 0 Å². The molecular formula is C15H11Br3N2O5. The summed E-state index contributed by atoms with van der Waals surface area (Å²) in [6, 6.07) is 4.97. The van der Waals surface area contributed by atoms with Gasteiger partial charge in [0, 0.05) is 12.1 Å². The highest BCUT2D eigenvalue weighted by molar-refractivity contribution is 9.13. The number of non-ortho nitro benzene ring substituents is 1. The molecule has 25 heavy (non-hydrogen) atoms. The SMILES string of the molecule is CC1=C(Br)C(=O)C(Br)C(C)(Br)/C1=N\OC(=O)c1ccc([N+](=O)[O-])cc1. The maximum atomic E-state index is 12.1. The highest BCUT2D eigenvalue weighted by Crippen LogP contribution is 2.40. The first kappa shape index (κ1) is 19.9. The van der Waals surface area contributed by atoms with Crippen LogP contribution < -0.4 is 0 Å². The van der Waals surface area contributed by atoms with Crippen LogP contribution in [0, 0.1) is 10.1 Å². The third-order valence-corrected chi connectivity index (χ3v) is 7.37. The molecule has 2 unspecified atom stereocenters. The van der Waals surface area contributed by atoms with Crippen LogP contribution in [0.2, 0.25) is 0 Å². The third-order valence-electron chi connectivity index (χ3n) is 3.60. The molecule has 0 N–H and O–H groups in total. The molecule has 0 fully saturated rings. The summed E-state index contributed by atoms with van der Waals surface area (Å²) in [6.45, 7) is 3.41. The summed E-state index contributed by atoms with van der Waals surface area (Å²) < 4.78 is -0.530. The summed E-state index contributed by atoms with van der Waals surface area (Å²) in [6.07, 6.45) is 0. The summed E-state index contributed by atoms with van der Waals surface area (Å²) in [4.78, 5) is 38.7. The lowest BCUT2D eigenvalue weighted by Crippen LogP contribution is -2.47. The molecular weight excluding hydrogens is 528 g/mol. The van der Waals surface area contributed by atoms with Gasteiger partial charge in [0.05, 0.1) is 24.1 Å². The van der Waals surface area contributed by atoms with E-state index in [9.17, 15) is 19.7 Å². The zero-order valence-corrected chi connectivity index (χ0v) is 17.7. The number of allylic oxidation sites excluding steroid dienone is 2. The molecule has 132 valence electrons. The Hall–Kier alpha value is -1.39. The predicted octanol–water partition coefficient (Wildman–Crippen LogP) is 4.28. The van der Waals surface area contributed by atoms with E-state index in [1.807, 2.05) is 0 Å². The van der Waals surface area contributed by atoms with Crippen molar-refractivity contribution in [3.8, 4) is 0 Å². The first-order valence-corrected chi connectivity index (χ1v) is 9.35. The van der Waals surface area contributed by atoms with E-state index in [1.54, 1.807) is 13.8 Å². The van der Waals surface area contributed by atoms with E-state index in [0.29, 0.717) is 15.8 Å². The van der Waals surface area contributed by atoms with Crippen LogP contribution in [0.4, 0.5) is 5.69 Å². The van der Waals surface area contributed by atoms with E-state index in [4.69, 9.17) is 4.84 Å². The van der Waals surface area contributed by atoms with Gasteiger partial charge in [-0.1, -0.05) is 37.0 Å². The fourth-order valence-electron chi connectivity index (χ4n) is 2.15. The molecule has 1 aromatic rings. The monoisotopic (exact) mass is 536 g/mol.